The molecule has 2 N–H and O–H groups in total. The van der Waals surface area contributed by atoms with Crippen molar-refractivity contribution in [3.05, 3.63) is 16.6 Å². The standard InChI is InChI=1S/C10H15N3OS/c14-10(9-6-15-7-13-9)12-5-3-8-2-1-4-11-8/h6-8,11H,1-5H2,(H,12,14)/t8-/m0/s1. The SMILES string of the molecule is O=C(NCC[C@@H]1CCCN1)c1cscn1. The maximum Gasteiger partial charge on any atom is 0.270 e. The summed E-state index contributed by atoms with van der Waals surface area (Å²) >= 11 is 1.44. The highest BCUT2D eigenvalue weighted by atomic mass is 32.1. The number of thiazole rings is 1. The van der Waals surface area contributed by atoms with E-state index in [0.717, 1.165) is 19.5 Å². The molecule has 0 aliphatic carbocycles. The largest absolute Gasteiger partial charge is 0.351 e. The third-order valence-electron chi connectivity index (χ3n) is 2.61. The first-order chi connectivity index (χ1) is 7.36. The third-order valence-corrected chi connectivity index (χ3v) is 3.19. The van der Waals surface area contributed by atoms with Gasteiger partial charge in [-0.2, -0.15) is 0 Å². The molecule has 0 radical (unpaired) electrons. The summed E-state index contributed by atoms with van der Waals surface area (Å²) in [5.74, 6) is -0.0609. The second kappa shape index (κ2) is 5.23. The lowest BCUT2D eigenvalue weighted by atomic mass is 10.1. The Morgan fingerprint density at radius 1 is 1.73 bits per heavy atom. The van der Waals surface area contributed by atoms with Crippen LogP contribution in [0.15, 0.2) is 10.9 Å². The van der Waals surface area contributed by atoms with Gasteiger partial charge in [0.2, 0.25) is 0 Å². The van der Waals surface area contributed by atoms with Gasteiger partial charge in [-0.3, -0.25) is 4.79 Å². The first kappa shape index (κ1) is 10.6. The van der Waals surface area contributed by atoms with Crippen molar-refractivity contribution in [3.8, 4) is 0 Å². The van der Waals surface area contributed by atoms with Gasteiger partial charge in [0, 0.05) is 18.0 Å². The number of carbonyl (C=O) groups excluding carboxylic acids is 1. The summed E-state index contributed by atoms with van der Waals surface area (Å²) in [6.45, 7) is 1.85. The lowest BCUT2D eigenvalue weighted by molar-refractivity contribution is 0.0948. The molecule has 4 nitrogen and oxygen atoms in total. The molecule has 1 aliphatic rings. The first-order valence-electron chi connectivity index (χ1n) is 5.26. The maximum atomic E-state index is 11.5. The molecule has 1 atom stereocenters. The normalized spacial score (nSPS) is 20.4. The van der Waals surface area contributed by atoms with Crippen LogP contribution in [0.5, 0.6) is 0 Å². The Bertz CT molecular complexity index is 306. The molecular weight excluding hydrogens is 210 g/mol. The third kappa shape index (κ3) is 3.00. The van der Waals surface area contributed by atoms with Gasteiger partial charge in [-0.1, -0.05) is 0 Å². The van der Waals surface area contributed by atoms with Crippen LogP contribution in [-0.4, -0.2) is 30.0 Å². The van der Waals surface area contributed by atoms with Gasteiger partial charge in [-0.15, -0.1) is 11.3 Å². The quantitative estimate of drug-likeness (QED) is 0.804. The molecule has 0 saturated carbocycles. The van der Waals surface area contributed by atoms with Crippen LogP contribution in [0.3, 0.4) is 0 Å². The van der Waals surface area contributed by atoms with E-state index >= 15 is 0 Å². The Balaban J connectivity index is 1.67. The van der Waals surface area contributed by atoms with Gasteiger partial charge >= 0.3 is 0 Å². The van der Waals surface area contributed by atoms with Crippen LogP contribution in [0, 0.1) is 0 Å². The smallest absolute Gasteiger partial charge is 0.270 e. The number of nitrogens with one attached hydrogen (secondary N) is 2. The number of aromatic nitrogens is 1. The predicted molar refractivity (Wildman–Crippen MR) is 60.1 cm³/mol. The summed E-state index contributed by atoms with van der Waals surface area (Å²) in [5, 5.41) is 8.04. The average molecular weight is 225 g/mol. The Hall–Kier alpha value is -0.940. The van der Waals surface area contributed by atoms with Crippen molar-refractivity contribution in [2.75, 3.05) is 13.1 Å². The van der Waals surface area contributed by atoms with Crippen molar-refractivity contribution in [2.24, 2.45) is 0 Å². The number of rotatable bonds is 4. The minimum absolute atomic E-state index is 0.0609. The topological polar surface area (TPSA) is 54.0 Å². The molecule has 0 aromatic carbocycles. The zero-order valence-corrected chi connectivity index (χ0v) is 9.35. The van der Waals surface area contributed by atoms with E-state index in [2.05, 4.69) is 15.6 Å². The lowest BCUT2D eigenvalue weighted by Gasteiger charge is -2.09. The summed E-state index contributed by atoms with van der Waals surface area (Å²) in [7, 11) is 0. The molecule has 82 valence electrons. The van der Waals surface area contributed by atoms with E-state index in [9.17, 15) is 4.79 Å². The van der Waals surface area contributed by atoms with Gasteiger partial charge in [0.1, 0.15) is 5.69 Å². The summed E-state index contributed by atoms with van der Waals surface area (Å²) in [4.78, 5) is 15.4. The Kier molecular flexibility index (Phi) is 3.69. The van der Waals surface area contributed by atoms with E-state index in [1.807, 2.05) is 0 Å². The van der Waals surface area contributed by atoms with Crippen LogP contribution in [0.2, 0.25) is 0 Å². The highest BCUT2D eigenvalue weighted by Crippen LogP contribution is 2.07. The molecular formula is C10H15N3OS. The number of carbonyl (C=O) groups is 1. The monoisotopic (exact) mass is 225 g/mol. The van der Waals surface area contributed by atoms with Crippen LogP contribution >= 0.6 is 11.3 Å². The fourth-order valence-corrected chi connectivity index (χ4v) is 2.31. The second-order valence-corrected chi connectivity index (χ2v) is 4.43. The zero-order chi connectivity index (χ0) is 10.5. The van der Waals surface area contributed by atoms with Gasteiger partial charge in [0.05, 0.1) is 5.51 Å². The molecule has 15 heavy (non-hydrogen) atoms. The van der Waals surface area contributed by atoms with Crippen LogP contribution in [0.1, 0.15) is 29.8 Å². The van der Waals surface area contributed by atoms with E-state index in [4.69, 9.17) is 0 Å². The van der Waals surface area contributed by atoms with Crippen LogP contribution < -0.4 is 10.6 Å². The first-order valence-corrected chi connectivity index (χ1v) is 6.20. The van der Waals surface area contributed by atoms with E-state index in [1.165, 1.54) is 24.2 Å². The van der Waals surface area contributed by atoms with E-state index in [0.29, 0.717) is 11.7 Å². The Morgan fingerprint density at radius 2 is 2.67 bits per heavy atom. The molecule has 1 aromatic rings. The summed E-state index contributed by atoms with van der Waals surface area (Å²) in [6, 6.07) is 0.584. The summed E-state index contributed by atoms with van der Waals surface area (Å²) in [6.07, 6.45) is 3.49. The van der Waals surface area contributed by atoms with Crippen molar-refractivity contribution in [2.45, 2.75) is 25.3 Å². The molecule has 0 bridgehead atoms. The molecule has 2 heterocycles. The van der Waals surface area contributed by atoms with E-state index in [1.54, 1.807) is 10.9 Å². The number of hydrogen-bond donors (Lipinski definition) is 2. The van der Waals surface area contributed by atoms with Gasteiger partial charge in [0.15, 0.2) is 0 Å². The molecule has 1 fully saturated rings. The highest BCUT2D eigenvalue weighted by Gasteiger charge is 2.14. The highest BCUT2D eigenvalue weighted by molar-refractivity contribution is 7.07. The Labute approximate surface area is 93.1 Å². The van der Waals surface area contributed by atoms with Gasteiger partial charge in [0.25, 0.3) is 5.91 Å². The predicted octanol–water partition coefficient (Wildman–Crippen LogP) is 1.01. The van der Waals surface area contributed by atoms with Crippen LogP contribution in [0.4, 0.5) is 0 Å². The van der Waals surface area contributed by atoms with Crippen molar-refractivity contribution in [3.63, 3.8) is 0 Å². The second-order valence-electron chi connectivity index (χ2n) is 3.71. The lowest BCUT2D eigenvalue weighted by Crippen LogP contribution is -2.30. The van der Waals surface area contributed by atoms with E-state index in [-0.39, 0.29) is 5.91 Å². The average Bonchev–Trinajstić information content (AvgIpc) is 2.90. The number of nitrogens with zero attached hydrogens (tertiary/aromatic N) is 1. The van der Waals surface area contributed by atoms with Gasteiger partial charge < -0.3 is 10.6 Å². The zero-order valence-electron chi connectivity index (χ0n) is 8.53. The van der Waals surface area contributed by atoms with Crippen molar-refractivity contribution < 1.29 is 4.79 Å². The van der Waals surface area contributed by atoms with Crippen molar-refractivity contribution in [1.82, 2.24) is 15.6 Å². The van der Waals surface area contributed by atoms with Crippen LogP contribution in [0.25, 0.3) is 0 Å². The van der Waals surface area contributed by atoms with Crippen molar-refractivity contribution >= 4 is 17.2 Å². The number of hydrogen-bond acceptors (Lipinski definition) is 4. The van der Waals surface area contributed by atoms with Crippen molar-refractivity contribution in [1.29, 1.82) is 0 Å². The van der Waals surface area contributed by atoms with Gasteiger partial charge in [-0.25, -0.2) is 4.98 Å². The minimum Gasteiger partial charge on any atom is -0.351 e. The molecule has 0 unspecified atom stereocenters. The number of amides is 1. The van der Waals surface area contributed by atoms with E-state index < -0.39 is 0 Å². The van der Waals surface area contributed by atoms with Crippen LogP contribution in [-0.2, 0) is 0 Å². The molecule has 1 amide bonds. The maximum absolute atomic E-state index is 11.5. The van der Waals surface area contributed by atoms with Gasteiger partial charge in [-0.05, 0) is 25.8 Å². The molecule has 1 aliphatic heterocycles. The fourth-order valence-electron chi connectivity index (χ4n) is 1.78. The molecule has 2 rings (SSSR count). The molecule has 1 saturated heterocycles. The molecule has 5 heteroatoms. The summed E-state index contributed by atoms with van der Waals surface area (Å²) in [5.41, 5.74) is 2.20. The fraction of sp³-hybridized carbons (Fsp3) is 0.600. The molecule has 1 aromatic heterocycles. The Morgan fingerprint density at radius 3 is 3.33 bits per heavy atom. The molecule has 0 spiro atoms. The minimum atomic E-state index is -0.0609. The summed E-state index contributed by atoms with van der Waals surface area (Å²) < 4.78 is 0.